The van der Waals surface area contributed by atoms with E-state index in [2.05, 4.69) is 5.32 Å². The number of hydrogen-bond acceptors (Lipinski definition) is 7. The van der Waals surface area contributed by atoms with Gasteiger partial charge in [-0.3, -0.25) is 4.79 Å². The summed E-state index contributed by atoms with van der Waals surface area (Å²) >= 11 is 8.07. The van der Waals surface area contributed by atoms with Gasteiger partial charge in [-0.25, -0.2) is 9.97 Å². The maximum absolute atomic E-state index is 11.5. The number of methoxy groups -OCH3 is 2. The molecule has 1 aromatic carbocycles. The van der Waals surface area contributed by atoms with Crippen LogP contribution in [-0.2, 0) is 35.3 Å². The molecule has 2 heterocycles. The number of aromatic nitrogens is 2. The fourth-order valence-corrected chi connectivity index (χ4v) is 5.50. The van der Waals surface area contributed by atoms with Crippen molar-refractivity contribution in [1.82, 2.24) is 9.97 Å². The van der Waals surface area contributed by atoms with Crippen LogP contribution in [-0.4, -0.2) is 30.2 Å². The van der Waals surface area contributed by atoms with Crippen LogP contribution in [0.3, 0.4) is 0 Å². The molecular formula is C23H26ClN3O3S. The molecule has 0 spiro atoms. The van der Waals surface area contributed by atoms with Gasteiger partial charge in [0.25, 0.3) is 0 Å². The number of carbonyl (C=O) groups excluding carboxylic acids is 1. The van der Waals surface area contributed by atoms with Gasteiger partial charge >= 0.3 is 5.97 Å². The minimum absolute atomic E-state index is 0.206. The normalized spacial score (nSPS) is 13.1. The number of fused-ring (bicyclic) bond motifs is 3. The van der Waals surface area contributed by atoms with Crippen molar-refractivity contribution in [2.75, 3.05) is 19.5 Å². The summed E-state index contributed by atoms with van der Waals surface area (Å²) < 4.78 is 9.99. The van der Waals surface area contributed by atoms with Crippen LogP contribution in [0.1, 0.15) is 47.5 Å². The third kappa shape index (κ3) is 4.93. The topological polar surface area (TPSA) is 73.3 Å². The highest BCUT2D eigenvalue weighted by molar-refractivity contribution is 7.19. The van der Waals surface area contributed by atoms with Gasteiger partial charge in [0.1, 0.15) is 22.2 Å². The lowest BCUT2D eigenvalue weighted by atomic mass is 9.97. The summed E-state index contributed by atoms with van der Waals surface area (Å²) in [6, 6.07) is 5.78. The maximum Gasteiger partial charge on any atom is 0.305 e. The third-order valence-corrected chi connectivity index (χ3v) is 7.03. The minimum Gasteiger partial charge on any atom is -0.495 e. The zero-order valence-corrected chi connectivity index (χ0v) is 19.4. The van der Waals surface area contributed by atoms with Crippen LogP contribution in [0.2, 0.25) is 5.02 Å². The van der Waals surface area contributed by atoms with Crippen molar-refractivity contribution in [3.63, 3.8) is 0 Å². The van der Waals surface area contributed by atoms with E-state index >= 15 is 0 Å². The highest BCUT2D eigenvalue weighted by atomic mass is 35.5. The molecule has 0 bridgehead atoms. The van der Waals surface area contributed by atoms with E-state index in [0.29, 0.717) is 36.6 Å². The van der Waals surface area contributed by atoms with Gasteiger partial charge in [0.15, 0.2) is 0 Å². The molecule has 31 heavy (non-hydrogen) atoms. The minimum atomic E-state index is -0.206. The molecule has 2 aromatic heterocycles. The van der Waals surface area contributed by atoms with Crippen molar-refractivity contribution < 1.29 is 14.3 Å². The van der Waals surface area contributed by atoms with Crippen LogP contribution in [0.4, 0.5) is 5.82 Å². The molecular weight excluding hydrogens is 434 g/mol. The molecule has 0 saturated carbocycles. The van der Waals surface area contributed by atoms with E-state index in [1.807, 2.05) is 18.2 Å². The van der Waals surface area contributed by atoms with Gasteiger partial charge in [0.05, 0.1) is 24.6 Å². The Balaban J connectivity index is 1.61. The van der Waals surface area contributed by atoms with Crippen LogP contribution in [0, 0.1) is 0 Å². The van der Waals surface area contributed by atoms with Crippen LogP contribution in [0.15, 0.2) is 18.2 Å². The summed E-state index contributed by atoms with van der Waals surface area (Å²) in [4.78, 5) is 23.6. The first-order chi connectivity index (χ1) is 15.1. The number of thiophene rings is 1. The van der Waals surface area contributed by atoms with E-state index in [0.717, 1.165) is 40.3 Å². The van der Waals surface area contributed by atoms with E-state index in [1.54, 1.807) is 18.4 Å². The van der Waals surface area contributed by atoms with Crippen LogP contribution >= 0.6 is 22.9 Å². The first-order valence-corrected chi connectivity index (χ1v) is 11.7. The Hall–Kier alpha value is -2.38. The Morgan fingerprint density at radius 1 is 1.23 bits per heavy atom. The molecule has 0 unspecified atom stereocenters. The number of benzene rings is 1. The Morgan fingerprint density at radius 3 is 2.84 bits per heavy atom. The molecule has 1 aliphatic carbocycles. The van der Waals surface area contributed by atoms with Crippen molar-refractivity contribution in [2.24, 2.45) is 0 Å². The van der Waals surface area contributed by atoms with Gasteiger partial charge in [0.2, 0.25) is 0 Å². The quantitative estimate of drug-likeness (QED) is 0.458. The molecule has 4 rings (SSSR count). The van der Waals surface area contributed by atoms with Crippen LogP contribution in [0.25, 0.3) is 10.2 Å². The highest BCUT2D eigenvalue weighted by Crippen LogP contribution is 2.39. The molecule has 6 nitrogen and oxygen atoms in total. The zero-order chi connectivity index (χ0) is 21.8. The number of ether oxygens (including phenoxy) is 2. The number of rotatable bonds is 8. The third-order valence-electron chi connectivity index (χ3n) is 5.55. The first kappa shape index (κ1) is 21.8. The summed E-state index contributed by atoms with van der Waals surface area (Å²) in [5.74, 6) is 2.08. The van der Waals surface area contributed by atoms with Crippen LogP contribution < -0.4 is 10.1 Å². The first-order valence-electron chi connectivity index (χ1n) is 10.5. The molecule has 0 radical (unpaired) electrons. The second kappa shape index (κ2) is 9.83. The number of nitrogens with one attached hydrogen (secondary N) is 1. The smallest absolute Gasteiger partial charge is 0.305 e. The molecule has 0 amide bonds. The van der Waals surface area contributed by atoms with Crippen molar-refractivity contribution in [1.29, 1.82) is 0 Å². The maximum atomic E-state index is 11.5. The lowest BCUT2D eigenvalue weighted by molar-refractivity contribution is -0.140. The monoisotopic (exact) mass is 459 g/mol. The number of carbonyl (C=O) groups is 1. The summed E-state index contributed by atoms with van der Waals surface area (Å²) in [5.41, 5.74) is 2.44. The average molecular weight is 460 g/mol. The van der Waals surface area contributed by atoms with Crippen molar-refractivity contribution in [3.05, 3.63) is 45.1 Å². The summed E-state index contributed by atoms with van der Waals surface area (Å²) in [7, 11) is 3.02. The molecule has 1 aliphatic rings. The van der Waals surface area contributed by atoms with Gasteiger partial charge in [-0.1, -0.05) is 17.7 Å². The van der Waals surface area contributed by atoms with Gasteiger partial charge in [-0.2, -0.15) is 0 Å². The van der Waals surface area contributed by atoms with Gasteiger partial charge in [0, 0.05) is 24.3 Å². The molecule has 1 N–H and O–H groups in total. The van der Waals surface area contributed by atoms with Gasteiger partial charge in [-0.05, 0) is 55.4 Å². The standard InChI is InChI=1S/C23H26ClN3O3S/c1-29-17-11-10-14(12-16(17)24)13-25-22-21-15-6-3-4-7-18(15)31-23(21)27-19(26-22)8-5-9-20(28)30-2/h10-12H,3-9,13H2,1-2H3,(H,25,26,27). The number of aryl methyl sites for hydroxylation is 3. The fraction of sp³-hybridized carbons (Fsp3) is 0.435. The highest BCUT2D eigenvalue weighted by Gasteiger charge is 2.21. The Bertz CT molecular complexity index is 1100. The second-order valence-electron chi connectivity index (χ2n) is 7.63. The predicted octanol–water partition coefficient (Wildman–Crippen LogP) is 5.34. The Labute approximate surface area is 191 Å². The molecule has 0 fully saturated rings. The number of nitrogens with zero attached hydrogens (tertiary/aromatic N) is 2. The number of halogens is 1. The van der Waals surface area contributed by atoms with Crippen molar-refractivity contribution >= 4 is 44.9 Å². The largest absolute Gasteiger partial charge is 0.495 e. The fourth-order valence-electron chi connectivity index (χ4n) is 3.94. The van der Waals surface area contributed by atoms with E-state index in [1.165, 1.54) is 30.4 Å². The summed E-state index contributed by atoms with van der Waals surface area (Å²) in [5, 5.41) is 5.26. The van der Waals surface area contributed by atoms with Crippen LogP contribution in [0.5, 0.6) is 5.75 Å². The summed E-state index contributed by atoms with van der Waals surface area (Å²) in [6.45, 7) is 0.599. The SMILES string of the molecule is COC(=O)CCCc1nc(NCc2ccc(OC)c(Cl)c2)c2c3c(sc2n1)CCCC3. The lowest BCUT2D eigenvalue weighted by Gasteiger charge is -2.14. The number of esters is 1. The lowest BCUT2D eigenvalue weighted by Crippen LogP contribution is -2.08. The Kier molecular flexibility index (Phi) is 6.92. The average Bonchev–Trinajstić information content (AvgIpc) is 3.16. The number of hydrogen-bond donors (Lipinski definition) is 1. The van der Waals surface area contributed by atoms with E-state index < -0.39 is 0 Å². The Morgan fingerprint density at radius 2 is 2.06 bits per heavy atom. The predicted molar refractivity (Wildman–Crippen MR) is 124 cm³/mol. The molecule has 8 heteroatoms. The van der Waals surface area contributed by atoms with E-state index in [4.69, 9.17) is 31.0 Å². The molecule has 164 valence electrons. The molecule has 0 saturated heterocycles. The van der Waals surface area contributed by atoms with Gasteiger partial charge in [-0.15, -0.1) is 11.3 Å². The summed E-state index contributed by atoms with van der Waals surface area (Å²) in [6.07, 6.45) is 6.28. The van der Waals surface area contributed by atoms with Crippen molar-refractivity contribution in [2.45, 2.75) is 51.5 Å². The van der Waals surface area contributed by atoms with Crippen molar-refractivity contribution in [3.8, 4) is 5.75 Å². The zero-order valence-electron chi connectivity index (χ0n) is 17.8. The number of anilines is 1. The van der Waals surface area contributed by atoms with E-state index in [9.17, 15) is 4.79 Å². The molecule has 0 aliphatic heterocycles. The van der Waals surface area contributed by atoms with E-state index in [-0.39, 0.29) is 5.97 Å². The molecule has 0 atom stereocenters. The second-order valence-corrected chi connectivity index (χ2v) is 9.12. The van der Waals surface area contributed by atoms with Gasteiger partial charge < -0.3 is 14.8 Å². The molecule has 3 aromatic rings.